The predicted molar refractivity (Wildman–Crippen MR) is 52.1 cm³/mol. The Morgan fingerprint density at radius 3 is 2.53 bits per heavy atom. The number of hydrogen-bond acceptors (Lipinski definition) is 3. The van der Waals surface area contributed by atoms with Gasteiger partial charge in [0.2, 0.25) is 0 Å². The number of aldehydes is 1. The Balaban J connectivity index is 2.44. The maximum Gasteiger partial charge on any atom is 0.180 e. The summed E-state index contributed by atoms with van der Waals surface area (Å²) in [7, 11) is 0. The van der Waals surface area contributed by atoms with E-state index in [-0.39, 0.29) is 6.29 Å². The van der Waals surface area contributed by atoms with Gasteiger partial charge in [0.1, 0.15) is 13.2 Å². The summed E-state index contributed by atoms with van der Waals surface area (Å²) >= 11 is 0. The molecule has 4 heteroatoms. The summed E-state index contributed by atoms with van der Waals surface area (Å²) in [6, 6.07) is 3.22. The highest BCUT2D eigenvalue weighted by Gasteiger charge is 2.18. The Bertz CT molecular complexity index is 390. The minimum Gasteiger partial charge on any atom is -0.486 e. The van der Waals surface area contributed by atoms with E-state index >= 15 is 0 Å². The molecule has 1 aromatic rings. The van der Waals surface area contributed by atoms with Crippen LogP contribution in [0, 0.1) is 6.92 Å². The quantitative estimate of drug-likeness (QED) is 0.700. The Morgan fingerprint density at radius 1 is 1.33 bits per heavy atom. The molecule has 0 fully saturated rings. The molecule has 15 heavy (non-hydrogen) atoms. The molecule has 0 bridgehead atoms. The zero-order valence-electron chi connectivity index (χ0n) is 8.33. The summed E-state index contributed by atoms with van der Waals surface area (Å²) in [6.07, 6.45) is -1.32. The fraction of sp³-hybridized carbons (Fsp3) is 0.364. The van der Waals surface area contributed by atoms with Crippen LogP contribution in [0.25, 0.3) is 0 Å². The molecule has 0 saturated heterocycles. The lowest BCUT2D eigenvalue weighted by Gasteiger charge is -2.20. The number of ether oxygens (including phenoxy) is 2. The van der Waals surface area contributed by atoms with E-state index in [2.05, 4.69) is 0 Å². The average Bonchev–Trinajstić information content (AvgIpc) is 2.27. The molecular formula is C11H11FO3. The molecule has 0 aromatic heterocycles. The number of carbonyl (C=O) groups is 1. The predicted octanol–water partition coefficient (Wildman–Crippen LogP) is 1.98. The standard InChI is InChI=1S/C11H11FO3/c1-7-4-10-11(15-3-2-14-10)5-8(7)9(12)6-13/h4-6,9H,2-3H2,1H3. The first kappa shape index (κ1) is 9.96. The Labute approximate surface area is 86.8 Å². The van der Waals surface area contributed by atoms with Gasteiger partial charge in [0.15, 0.2) is 24.0 Å². The van der Waals surface area contributed by atoms with Gasteiger partial charge in [0.05, 0.1) is 0 Å². The molecule has 0 saturated carbocycles. The zero-order valence-corrected chi connectivity index (χ0v) is 8.33. The Morgan fingerprint density at radius 2 is 1.93 bits per heavy atom. The third-order valence-corrected chi connectivity index (χ3v) is 2.35. The lowest BCUT2D eigenvalue weighted by atomic mass is 10.0. The number of rotatable bonds is 2. The van der Waals surface area contributed by atoms with E-state index in [1.54, 1.807) is 13.0 Å². The normalized spacial score (nSPS) is 15.9. The largest absolute Gasteiger partial charge is 0.486 e. The number of halogens is 1. The fourth-order valence-electron chi connectivity index (χ4n) is 1.58. The van der Waals surface area contributed by atoms with E-state index in [1.165, 1.54) is 6.07 Å². The van der Waals surface area contributed by atoms with Crippen molar-refractivity contribution < 1.29 is 18.7 Å². The highest BCUT2D eigenvalue weighted by atomic mass is 19.1. The minimum atomic E-state index is -1.60. The molecule has 0 amide bonds. The highest BCUT2D eigenvalue weighted by molar-refractivity contribution is 5.63. The van der Waals surface area contributed by atoms with Crippen LogP contribution in [0.15, 0.2) is 12.1 Å². The van der Waals surface area contributed by atoms with Crippen LogP contribution in [0.2, 0.25) is 0 Å². The number of alkyl halides is 1. The third kappa shape index (κ3) is 1.79. The summed E-state index contributed by atoms with van der Waals surface area (Å²) in [5.41, 5.74) is 1.04. The topological polar surface area (TPSA) is 35.5 Å². The Kier molecular flexibility index (Phi) is 2.58. The maximum absolute atomic E-state index is 13.2. The van der Waals surface area contributed by atoms with Crippen LogP contribution in [0.4, 0.5) is 4.39 Å². The second kappa shape index (κ2) is 3.88. The molecule has 3 nitrogen and oxygen atoms in total. The van der Waals surface area contributed by atoms with E-state index in [0.29, 0.717) is 35.8 Å². The van der Waals surface area contributed by atoms with Gasteiger partial charge in [-0.05, 0) is 24.6 Å². The van der Waals surface area contributed by atoms with Crippen molar-refractivity contribution in [3.63, 3.8) is 0 Å². The molecule has 0 N–H and O–H groups in total. The first-order valence-corrected chi connectivity index (χ1v) is 4.72. The van der Waals surface area contributed by atoms with Crippen LogP contribution in [0.3, 0.4) is 0 Å². The van der Waals surface area contributed by atoms with Gasteiger partial charge in [0, 0.05) is 5.56 Å². The fourth-order valence-corrected chi connectivity index (χ4v) is 1.58. The smallest absolute Gasteiger partial charge is 0.180 e. The van der Waals surface area contributed by atoms with Crippen molar-refractivity contribution in [2.24, 2.45) is 0 Å². The molecule has 1 aliphatic heterocycles. The van der Waals surface area contributed by atoms with Gasteiger partial charge in [-0.1, -0.05) is 0 Å². The van der Waals surface area contributed by atoms with Crippen molar-refractivity contribution in [2.45, 2.75) is 13.1 Å². The van der Waals surface area contributed by atoms with E-state index < -0.39 is 6.17 Å². The van der Waals surface area contributed by atoms with Crippen LogP contribution in [0.5, 0.6) is 11.5 Å². The van der Waals surface area contributed by atoms with Crippen molar-refractivity contribution in [1.29, 1.82) is 0 Å². The molecule has 0 radical (unpaired) electrons. The van der Waals surface area contributed by atoms with Gasteiger partial charge in [0.25, 0.3) is 0 Å². The van der Waals surface area contributed by atoms with Gasteiger partial charge in [-0.25, -0.2) is 4.39 Å². The lowest BCUT2D eigenvalue weighted by molar-refractivity contribution is -0.112. The number of carbonyl (C=O) groups excluding carboxylic acids is 1. The van der Waals surface area contributed by atoms with Crippen molar-refractivity contribution in [3.8, 4) is 11.5 Å². The highest BCUT2D eigenvalue weighted by Crippen LogP contribution is 2.35. The van der Waals surface area contributed by atoms with E-state index in [4.69, 9.17) is 9.47 Å². The summed E-state index contributed by atoms with van der Waals surface area (Å²) in [4.78, 5) is 10.4. The van der Waals surface area contributed by atoms with Gasteiger partial charge in [-0.2, -0.15) is 0 Å². The van der Waals surface area contributed by atoms with Crippen molar-refractivity contribution in [2.75, 3.05) is 13.2 Å². The summed E-state index contributed by atoms with van der Waals surface area (Å²) < 4.78 is 23.9. The second-order valence-electron chi connectivity index (χ2n) is 3.39. The average molecular weight is 210 g/mol. The molecule has 2 rings (SSSR count). The number of aryl methyl sites for hydroxylation is 1. The molecule has 0 spiro atoms. The van der Waals surface area contributed by atoms with Crippen LogP contribution < -0.4 is 9.47 Å². The molecule has 1 aliphatic rings. The second-order valence-corrected chi connectivity index (χ2v) is 3.39. The minimum absolute atomic E-state index is 0.276. The summed E-state index contributed by atoms with van der Waals surface area (Å²) in [6.45, 7) is 2.69. The van der Waals surface area contributed by atoms with Gasteiger partial charge in [-0.3, -0.25) is 4.79 Å². The molecule has 1 aromatic carbocycles. The molecule has 1 heterocycles. The van der Waals surface area contributed by atoms with Gasteiger partial charge < -0.3 is 9.47 Å². The molecule has 1 atom stereocenters. The van der Waals surface area contributed by atoms with E-state index in [0.717, 1.165) is 0 Å². The van der Waals surface area contributed by atoms with Gasteiger partial charge >= 0.3 is 0 Å². The summed E-state index contributed by atoms with van der Waals surface area (Å²) in [5, 5.41) is 0. The summed E-state index contributed by atoms with van der Waals surface area (Å²) in [5.74, 6) is 1.12. The van der Waals surface area contributed by atoms with E-state index in [9.17, 15) is 9.18 Å². The van der Waals surface area contributed by atoms with Crippen molar-refractivity contribution in [3.05, 3.63) is 23.3 Å². The number of fused-ring (bicyclic) bond motifs is 1. The maximum atomic E-state index is 13.2. The van der Waals surface area contributed by atoms with Gasteiger partial charge in [-0.15, -0.1) is 0 Å². The Hall–Kier alpha value is -1.58. The molecule has 80 valence electrons. The molecular weight excluding hydrogens is 199 g/mol. The zero-order chi connectivity index (χ0) is 10.8. The first-order valence-electron chi connectivity index (χ1n) is 4.72. The first-order chi connectivity index (χ1) is 7.22. The number of hydrogen-bond donors (Lipinski definition) is 0. The molecule has 1 unspecified atom stereocenters. The number of benzene rings is 1. The van der Waals surface area contributed by atoms with Crippen molar-refractivity contribution >= 4 is 6.29 Å². The SMILES string of the molecule is Cc1cc2c(cc1C(F)C=O)OCCO2. The lowest BCUT2D eigenvalue weighted by Crippen LogP contribution is -2.16. The van der Waals surface area contributed by atoms with E-state index in [1.807, 2.05) is 0 Å². The van der Waals surface area contributed by atoms with Crippen LogP contribution >= 0.6 is 0 Å². The van der Waals surface area contributed by atoms with Crippen molar-refractivity contribution in [1.82, 2.24) is 0 Å². The van der Waals surface area contributed by atoms with Crippen LogP contribution in [-0.4, -0.2) is 19.5 Å². The molecule has 0 aliphatic carbocycles. The third-order valence-electron chi connectivity index (χ3n) is 2.35. The van der Waals surface area contributed by atoms with Crippen LogP contribution in [-0.2, 0) is 4.79 Å². The van der Waals surface area contributed by atoms with Crippen LogP contribution in [0.1, 0.15) is 17.3 Å². The monoisotopic (exact) mass is 210 g/mol.